The number of imidazole rings is 1. The van der Waals surface area contributed by atoms with Gasteiger partial charge >= 0.3 is 0 Å². The molecule has 3 rings (SSSR count). The Labute approximate surface area is 107 Å². The molecule has 2 aromatic heterocycles. The van der Waals surface area contributed by atoms with Crippen molar-refractivity contribution in [2.75, 3.05) is 6.26 Å². The quantitative estimate of drug-likeness (QED) is 0.779. The molecule has 0 bridgehead atoms. The van der Waals surface area contributed by atoms with Gasteiger partial charge in [0, 0.05) is 12.5 Å². The van der Waals surface area contributed by atoms with Crippen molar-refractivity contribution in [3.05, 3.63) is 29.9 Å². The monoisotopic (exact) mass is 279 g/mol. The van der Waals surface area contributed by atoms with Gasteiger partial charge in [0.25, 0.3) is 0 Å². The highest BCUT2D eigenvalue weighted by Gasteiger charge is 2.15. The van der Waals surface area contributed by atoms with Gasteiger partial charge in [-0.3, -0.25) is 4.98 Å². The van der Waals surface area contributed by atoms with Crippen LogP contribution >= 0.6 is 11.3 Å². The van der Waals surface area contributed by atoms with Gasteiger partial charge in [-0.05, 0) is 12.1 Å². The maximum Gasteiger partial charge on any atom is 0.177 e. The maximum atomic E-state index is 11.7. The van der Waals surface area contributed by atoms with Crippen LogP contribution in [0.2, 0.25) is 0 Å². The third kappa shape index (κ3) is 1.81. The zero-order valence-electron chi connectivity index (χ0n) is 9.41. The van der Waals surface area contributed by atoms with E-state index in [1.165, 1.54) is 17.6 Å². The third-order valence-electron chi connectivity index (χ3n) is 2.54. The minimum atomic E-state index is -3.28. The molecule has 0 spiro atoms. The lowest BCUT2D eigenvalue weighted by atomic mass is 10.3. The summed E-state index contributed by atoms with van der Waals surface area (Å²) < 4.78 is 23.4. The predicted molar refractivity (Wildman–Crippen MR) is 70.3 cm³/mol. The number of aromatic nitrogens is 3. The largest absolute Gasteiger partial charge is 0.337 e. The average molecular weight is 279 g/mol. The highest BCUT2D eigenvalue weighted by Crippen LogP contribution is 2.26. The van der Waals surface area contributed by atoms with Gasteiger partial charge in [-0.1, -0.05) is 6.07 Å². The van der Waals surface area contributed by atoms with Crippen molar-refractivity contribution in [1.29, 1.82) is 0 Å². The van der Waals surface area contributed by atoms with Crippen LogP contribution < -0.4 is 0 Å². The Bertz CT molecular complexity index is 804. The Hall–Kier alpha value is -1.73. The van der Waals surface area contributed by atoms with Crippen molar-refractivity contribution >= 4 is 32.2 Å². The number of hydrogen-bond donors (Lipinski definition) is 1. The molecule has 0 fully saturated rings. The summed E-state index contributed by atoms with van der Waals surface area (Å²) in [5, 5.41) is 0. The molecular formula is C11H9N3O2S2. The minimum Gasteiger partial charge on any atom is -0.337 e. The number of nitrogens with zero attached hydrogens (tertiary/aromatic N) is 2. The van der Waals surface area contributed by atoms with E-state index >= 15 is 0 Å². The molecule has 1 N–H and O–H groups in total. The number of fused-ring (bicyclic) bond motifs is 1. The number of aromatic amines is 1. The van der Waals surface area contributed by atoms with Crippen molar-refractivity contribution in [1.82, 2.24) is 15.0 Å². The summed E-state index contributed by atoms with van der Waals surface area (Å²) in [6.45, 7) is 0. The van der Waals surface area contributed by atoms with E-state index in [2.05, 4.69) is 15.0 Å². The molecule has 0 amide bonds. The summed E-state index contributed by atoms with van der Waals surface area (Å²) in [7, 11) is -3.28. The molecule has 7 heteroatoms. The van der Waals surface area contributed by atoms with E-state index in [-0.39, 0.29) is 4.90 Å². The highest BCUT2D eigenvalue weighted by atomic mass is 32.2. The fraction of sp³-hybridized carbons (Fsp3) is 0.0909. The number of H-pyrrole nitrogens is 1. The molecule has 5 nitrogen and oxygen atoms in total. The Balaban J connectivity index is 2.31. The Morgan fingerprint density at radius 2 is 2.17 bits per heavy atom. The molecule has 0 saturated heterocycles. The number of hydrogen-bond acceptors (Lipinski definition) is 5. The van der Waals surface area contributed by atoms with Gasteiger partial charge in [0.15, 0.2) is 9.84 Å². The maximum absolute atomic E-state index is 11.7. The van der Waals surface area contributed by atoms with Crippen LogP contribution in [0.25, 0.3) is 21.7 Å². The molecule has 2 heterocycles. The third-order valence-corrected chi connectivity index (χ3v) is 4.45. The van der Waals surface area contributed by atoms with Crippen molar-refractivity contribution in [2.24, 2.45) is 0 Å². The van der Waals surface area contributed by atoms with E-state index in [1.807, 2.05) is 6.07 Å². The molecule has 1 aromatic carbocycles. The fourth-order valence-electron chi connectivity index (χ4n) is 1.75. The lowest BCUT2D eigenvalue weighted by Crippen LogP contribution is -1.97. The minimum absolute atomic E-state index is 0.243. The van der Waals surface area contributed by atoms with Gasteiger partial charge in [0.2, 0.25) is 0 Å². The first-order chi connectivity index (χ1) is 8.55. The van der Waals surface area contributed by atoms with Gasteiger partial charge in [-0.2, -0.15) is 0 Å². The summed E-state index contributed by atoms with van der Waals surface area (Å²) >= 11 is 1.45. The summed E-state index contributed by atoms with van der Waals surface area (Å²) in [5.74, 6) is 0.642. The van der Waals surface area contributed by atoms with E-state index in [0.29, 0.717) is 16.9 Å². The highest BCUT2D eigenvalue weighted by molar-refractivity contribution is 7.91. The van der Waals surface area contributed by atoms with Gasteiger partial charge < -0.3 is 4.98 Å². The molecule has 0 atom stereocenters. The standard InChI is InChI=1S/C11H9N3O2S2/c1-18(15,16)9-4-2-3-7-10(9)14-11(13-7)8-5-12-6-17-8/h2-6H,1H3,(H,13,14). The number of benzene rings is 1. The number of sulfone groups is 1. The second-order valence-corrected chi connectivity index (χ2v) is 6.75. The van der Waals surface area contributed by atoms with Crippen LogP contribution in [0.1, 0.15) is 0 Å². The van der Waals surface area contributed by atoms with Crippen LogP contribution in [0.15, 0.2) is 34.8 Å². The first kappa shape index (κ1) is 11.4. The Morgan fingerprint density at radius 3 is 2.83 bits per heavy atom. The Morgan fingerprint density at radius 1 is 1.33 bits per heavy atom. The number of para-hydroxylation sites is 1. The summed E-state index contributed by atoms with van der Waals surface area (Å²) in [5.41, 5.74) is 2.89. The van der Waals surface area contributed by atoms with Gasteiger partial charge in [0.1, 0.15) is 11.3 Å². The van der Waals surface area contributed by atoms with Gasteiger partial charge in [-0.15, -0.1) is 11.3 Å². The summed E-state index contributed by atoms with van der Waals surface area (Å²) in [6, 6.07) is 5.07. The molecule has 0 saturated carbocycles. The molecule has 0 aliphatic carbocycles. The molecule has 0 radical (unpaired) electrons. The van der Waals surface area contributed by atoms with Crippen LogP contribution in [0.3, 0.4) is 0 Å². The fourth-order valence-corrected chi connectivity index (χ4v) is 3.15. The molecule has 0 aliphatic rings. The molecule has 18 heavy (non-hydrogen) atoms. The molecule has 0 aliphatic heterocycles. The van der Waals surface area contributed by atoms with E-state index in [1.54, 1.807) is 23.8 Å². The number of thiazole rings is 1. The van der Waals surface area contributed by atoms with E-state index in [4.69, 9.17) is 0 Å². The van der Waals surface area contributed by atoms with Crippen molar-refractivity contribution in [2.45, 2.75) is 4.90 Å². The normalized spacial score (nSPS) is 12.1. The molecular weight excluding hydrogens is 270 g/mol. The zero-order valence-corrected chi connectivity index (χ0v) is 11.0. The smallest absolute Gasteiger partial charge is 0.177 e. The molecule has 3 aromatic rings. The first-order valence-corrected chi connectivity index (χ1v) is 7.90. The number of rotatable bonds is 2. The average Bonchev–Trinajstić information content (AvgIpc) is 2.95. The van der Waals surface area contributed by atoms with Crippen LogP contribution in [0, 0.1) is 0 Å². The van der Waals surface area contributed by atoms with E-state index in [9.17, 15) is 8.42 Å². The van der Waals surface area contributed by atoms with Gasteiger partial charge in [-0.25, -0.2) is 13.4 Å². The lowest BCUT2D eigenvalue weighted by Gasteiger charge is -1.97. The summed E-state index contributed by atoms with van der Waals surface area (Å²) in [6.07, 6.45) is 2.88. The van der Waals surface area contributed by atoms with Gasteiger partial charge in [0.05, 0.1) is 20.8 Å². The lowest BCUT2D eigenvalue weighted by molar-refractivity contribution is 0.602. The predicted octanol–water partition coefficient (Wildman–Crippen LogP) is 2.09. The second kappa shape index (κ2) is 3.89. The first-order valence-electron chi connectivity index (χ1n) is 5.13. The topological polar surface area (TPSA) is 75.7 Å². The molecule has 0 unspecified atom stereocenters. The van der Waals surface area contributed by atoms with Crippen molar-refractivity contribution in [3.8, 4) is 10.7 Å². The van der Waals surface area contributed by atoms with Crippen LogP contribution in [-0.2, 0) is 9.84 Å². The molecule has 92 valence electrons. The summed E-state index contributed by atoms with van der Waals surface area (Å²) in [4.78, 5) is 12.6. The van der Waals surface area contributed by atoms with Crippen molar-refractivity contribution in [3.63, 3.8) is 0 Å². The van der Waals surface area contributed by atoms with Crippen LogP contribution in [0.5, 0.6) is 0 Å². The SMILES string of the molecule is CS(=O)(=O)c1cccc2[nH]c(-c3cncs3)nc12. The number of nitrogens with one attached hydrogen (secondary N) is 1. The van der Waals surface area contributed by atoms with E-state index < -0.39 is 9.84 Å². The zero-order chi connectivity index (χ0) is 12.8. The second-order valence-electron chi connectivity index (χ2n) is 3.88. The Kier molecular flexibility index (Phi) is 2.46. The van der Waals surface area contributed by atoms with Crippen molar-refractivity contribution < 1.29 is 8.42 Å². The van der Waals surface area contributed by atoms with Crippen LogP contribution in [-0.4, -0.2) is 29.6 Å². The van der Waals surface area contributed by atoms with E-state index in [0.717, 1.165) is 4.88 Å². The van der Waals surface area contributed by atoms with Crippen LogP contribution in [0.4, 0.5) is 0 Å².